The van der Waals surface area contributed by atoms with E-state index >= 15 is 0 Å². The number of methoxy groups -OCH3 is 1. The number of hydrogen-bond donors (Lipinski definition) is 0. The molecule has 0 N–H and O–H groups in total. The molecule has 5 nitrogen and oxygen atoms in total. The summed E-state index contributed by atoms with van der Waals surface area (Å²) < 4.78 is 34.5. The second-order valence-electron chi connectivity index (χ2n) is 7.30. The molecule has 2 heterocycles. The molecule has 0 radical (unpaired) electrons. The van der Waals surface area contributed by atoms with Gasteiger partial charge in [-0.15, -0.1) is 0 Å². The van der Waals surface area contributed by atoms with Crippen LogP contribution >= 0.6 is 11.6 Å². The molecule has 7 heteroatoms. The first-order chi connectivity index (χ1) is 14.5. The predicted octanol–water partition coefficient (Wildman–Crippen LogP) is 4.95. The Morgan fingerprint density at radius 1 is 1.23 bits per heavy atom. The van der Waals surface area contributed by atoms with Crippen molar-refractivity contribution < 1.29 is 18.6 Å². The van der Waals surface area contributed by atoms with Crippen LogP contribution in [0.15, 0.2) is 60.9 Å². The molecule has 158 valence electrons. The molecule has 1 fully saturated rings. The van der Waals surface area contributed by atoms with Gasteiger partial charge < -0.3 is 18.8 Å². The lowest BCUT2D eigenvalue weighted by atomic mass is 9.86. The SMILES string of the molecule is COC1(OCc2ccccc2-n2ccnc2C)CC(Cl)OCC1c1ccccc1F. The minimum absolute atomic E-state index is 0.200. The van der Waals surface area contributed by atoms with Gasteiger partial charge in [-0.1, -0.05) is 48.0 Å². The number of imidazole rings is 1. The fourth-order valence-electron chi connectivity index (χ4n) is 3.98. The number of benzene rings is 2. The minimum Gasteiger partial charge on any atom is -0.361 e. The highest BCUT2D eigenvalue weighted by Gasteiger charge is 2.48. The van der Waals surface area contributed by atoms with Gasteiger partial charge in [0.15, 0.2) is 5.79 Å². The quantitative estimate of drug-likeness (QED) is 0.410. The number of rotatable bonds is 6. The Morgan fingerprint density at radius 3 is 2.73 bits per heavy atom. The van der Waals surface area contributed by atoms with E-state index in [1.54, 1.807) is 31.5 Å². The van der Waals surface area contributed by atoms with Gasteiger partial charge in [-0.3, -0.25) is 0 Å². The number of aryl methyl sites for hydroxylation is 1. The number of hydrogen-bond acceptors (Lipinski definition) is 4. The van der Waals surface area contributed by atoms with Crippen molar-refractivity contribution in [3.05, 3.63) is 83.7 Å². The number of alkyl halides is 1. The van der Waals surface area contributed by atoms with Gasteiger partial charge in [0.25, 0.3) is 0 Å². The molecule has 0 spiro atoms. The average molecular weight is 431 g/mol. The van der Waals surface area contributed by atoms with E-state index < -0.39 is 17.3 Å². The highest BCUT2D eigenvalue weighted by molar-refractivity contribution is 6.19. The molecule has 1 aliphatic rings. The van der Waals surface area contributed by atoms with E-state index in [4.69, 9.17) is 25.8 Å². The lowest BCUT2D eigenvalue weighted by molar-refractivity contribution is -0.279. The fourth-order valence-corrected chi connectivity index (χ4v) is 4.27. The summed E-state index contributed by atoms with van der Waals surface area (Å²) in [7, 11) is 1.56. The summed E-state index contributed by atoms with van der Waals surface area (Å²) in [5.74, 6) is -1.02. The summed E-state index contributed by atoms with van der Waals surface area (Å²) in [5.41, 5.74) is 1.83. The van der Waals surface area contributed by atoms with Gasteiger partial charge in [0.1, 0.15) is 17.2 Å². The molecule has 0 amide bonds. The molecule has 3 atom stereocenters. The molecular weight excluding hydrogens is 407 g/mol. The van der Waals surface area contributed by atoms with E-state index in [1.165, 1.54) is 6.07 Å². The first-order valence-corrected chi connectivity index (χ1v) is 10.2. The molecule has 0 saturated carbocycles. The third-order valence-electron chi connectivity index (χ3n) is 5.59. The lowest BCUT2D eigenvalue weighted by Gasteiger charge is -2.44. The number of ether oxygens (including phenoxy) is 3. The van der Waals surface area contributed by atoms with Crippen LogP contribution in [0.25, 0.3) is 5.69 Å². The van der Waals surface area contributed by atoms with Crippen molar-refractivity contribution in [1.82, 2.24) is 9.55 Å². The molecule has 0 aliphatic carbocycles. The Hall–Kier alpha value is -2.25. The van der Waals surface area contributed by atoms with Crippen LogP contribution < -0.4 is 0 Å². The van der Waals surface area contributed by atoms with Crippen LogP contribution in [0.3, 0.4) is 0 Å². The zero-order chi connectivity index (χ0) is 21.1. The summed E-state index contributed by atoms with van der Waals surface area (Å²) in [6, 6.07) is 14.5. The summed E-state index contributed by atoms with van der Waals surface area (Å²) in [6.45, 7) is 2.40. The van der Waals surface area contributed by atoms with E-state index in [1.807, 2.05) is 42.0 Å². The van der Waals surface area contributed by atoms with Gasteiger partial charge in [-0.05, 0) is 24.6 Å². The van der Waals surface area contributed by atoms with Gasteiger partial charge in [-0.2, -0.15) is 0 Å². The zero-order valence-electron chi connectivity index (χ0n) is 16.9. The number of nitrogens with zero attached hydrogens (tertiary/aromatic N) is 2. The van der Waals surface area contributed by atoms with Crippen LogP contribution in [0.1, 0.15) is 29.3 Å². The summed E-state index contributed by atoms with van der Waals surface area (Å²) in [6.07, 6.45) is 3.94. The Labute approximate surface area is 180 Å². The summed E-state index contributed by atoms with van der Waals surface area (Å²) >= 11 is 6.30. The van der Waals surface area contributed by atoms with Crippen molar-refractivity contribution in [2.24, 2.45) is 0 Å². The van der Waals surface area contributed by atoms with Gasteiger partial charge in [0.05, 0.1) is 24.8 Å². The largest absolute Gasteiger partial charge is 0.361 e. The van der Waals surface area contributed by atoms with Gasteiger partial charge in [0, 0.05) is 31.5 Å². The Bertz CT molecular complexity index is 1010. The second kappa shape index (κ2) is 8.86. The third kappa shape index (κ3) is 4.01. The zero-order valence-corrected chi connectivity index (χ0v) is 17.7. The van der Waals surface area contributed by atoms with Crippen molar-refractivity contribution >= 4 is 11.6 Å². The maximum absolute atomic E-state index is 14.6. The van der Waals surface area contributed by atoms with Crippen molar-refractivity contribution in [3.8, 4) is 5.69 Å². The fraction of sp³-hybridized carbons (Fsp3) is 0.348. The maximum atomic E-state index is 14.6. The lowest BCUT2D eigenvalue weighted by Crippen LogP contribution is -2.49. The normalized spacial score (nSPS) is 24.1. The van der Waals surface area contributed by atoms with Gasteiger partial charge >= 0.3 is 0 Å². The smallest absolute Gasteiger partial charge is 0.181 e. The van der Waals surface area contributed by atoms with Crippen molar-refractivity contribution in [1.29, 1.82) is 0 Å². The molecule has 1 aliphatic heterocycles. The van der Waals surface area contributed by atoms with E-state index in [0.717, 1.165) is 17.1 Å². The molecular formula is C23H24ClFN2O3. The van der Waals surface area contributed by atoms with E-state index in [-0.39, 0.29) is 25.5 Å². The molecule has 3 aromatic rings. The minimum atomic E-state index is -1.12. The van der Waals surface area contributed by atoms with Gasteiger partial charge in [-0.25, -0.2) is 9.37 Å². The Kier molecular flexibility index (Phi) is 6.20. The molecule has 0 bridgehead atoms. The third-order valence-corrected chi connectivity index (χ3v) is 5.87. The second-order valence-corrected chi connectivity index (χ2v) is 7.79. The van der Waals surface area contributed by atoms with Crippen LogP contribution in [0.2, 0.25) is 0 Å². The van der Waals surface area contributed by atoms with Crippen LogP contribution in [0.5, 0.6) is 0 Å². The topological polar surface area (TPSA) is 45.5 Å². The first-order valence-electron chi connectivity index (χ1n) is 9.81. The summed E-state index contributed by atoms with van der Waals surface area (Å²) in [4.78, 5) is 4.31. The van der Waals surface area contributed by atoms with Crippen LogP contribution in [0, 0.1) is 12.7 Å². The molecule has 30 heavy (non-hydrogen) atoms. The first kappa shape index (κ1) is 21.0. The van der Waals surface area contributed by atoms with Crippen LogP contribution in [0.4, 0.5) is 4.39 Å². The van der Waals surface area contributed by atoms with Crippen molar-refractivity contribution in [3.63, 3.8) is 0 Å². The Balaban J connectivity index is 1.66. The van der Waals surface area contributed by atoms with Crippen LogP contribution in [-0.2, 0) is 20.8 Å². The van der Waals surface area contributed by atoms with E-state index in [0.29, 0.717) is 5.56 Å². The molecule has 1 saturated heterocycles. The number of aromatic nitrogens is 2. The highest BCUT2D eigenvalue weighted by atomic mass is 35.5. The van der Waals surface area contributed by atoms with E-state index in [2.05, 4.69) is 4.98 Å². The molecule has 4 rings (SSSR count). The predicted molar refractivity (Wildman–Crippen MR) is 112 cm³/mol. The standard InChI is InChI=1S/C23H24ClFN2O3/c1-16-26-11-12-27(16)21-10-6-3-7-17(21)14-30-23(28-2)13-22(24)29-15-19(23)18-8-4-5-9-20(18)25/h3-12,19,22H,13-15H2,1-2H3. The summed E-state index contributed by atoms with van der Waals surface area (Å²) in [5, 5.41) is 0. The van der Waals surface area contributed by atoms with Crippen LogP contribution in [-0.4, -0.2) is 34.6 Å². The molecule has 3 unspecified atom stereocenters. The maximum Gasteiger partial charge on any atom is 0.181 e. The number of halogens is 2. The molecule has 1 aromatic heterocycles. The Morgan fingerprint density at radius 2 is 2.00 bits per heavy atom. The van der Waals surface area contributed by atoms with Crippen molar-refractivity contribution in [2.45, 2.75) is 37.2 Å². The monoisotopic (exact) mass is 430 g/mol. The van der Waals surface area contributed by atoms with E-state index in [9.17, 15) is 4.39 Å². The highest BCUT2D eigenvalue weighted by Crippen LogP contribution is 2.43. The molecule has 2 aromatic carbocycles. The number of para-hydroxylation sites is 1. The van der Waals surface area contributed by atoms with Crippen molar-refractivity contribution in [2.75, 3.05) is 13.7 Å². The van der Waals surface area contributed by atoms with Gasteiger partial charge in [0.2, 0.25) is 0 Å². The average Bonchev–Trinajstić information content (AvgIpc) is 3.19.